The van der Waals surface area contributed by atoms with Crippen molar-refractivity contribution in [2.24, 2.45) is 32.7 Å². The van der Waals surface area contributed by atoms with Crippen LogP contribution in [0.2, 0.25) is 15.1 Å². The summed E-state index contributed by atoms with van der Waals surface area (Å²) in [6.07, 6.45) is 5.11. The van der Waals surface area contributed by atoms with E-state index >= 15 is 0 Å². The molecule has 6 unspecified atom stereocenters. The molecule has 12 heterocycles. The molecular formula is C94H104Br2Cl3N13O10S3. The highest BCUT2D eigenvalue weighted by Gasteiger charge is 2.58. The van der Waals surface area contributed by atoms with Gasteiger partial charge >= 0.3 is 5.97 Å². The van der Waals surface area contributed by atoms with Gasteiger partial charge in [0, 0.05) is 93.5 Å². The molecule has 0 bridgehead atoms. The van der Waals surface area contributed by atoms with Crippen molar-refractivity contribution < 1.29 is 48.1 Å². The molecule has 6 aromatic carbocycles. The topological polar surface area (TPSA) is 249 Å². The molecule has 9 atom stereocenters. The number of aliphatic imine (C=N–C) groups is 3. The first-order chi connectivity index (χ1) is 60.0. The van der Waals surface area contributed by atoms with E-state index in [9.17, 15) is 39.1 Å². The molecule has 0 aromatic heterocycles. The van der Waals surface area contributed by atoms with Crippen LogP contribution in [-0.4, -0.2) is 212 Å². The number of benzene rings is 6. The third kappa shape index (κ3) is 18.7. The molecule has 5 amide bonds. The number of amides is 5. The summed E-state index contributed by atoms with van der Waals surface area (Å²) in [5.41, 5.74) is 7.74. The summed E-state index contributed by atoms with van der Waals surface area (Å²) < 4.78 is 18.1. The molecule has 658 valence electrons. The number of nitriles is 1. The lowest BCUT2D eigenvalue weighted by Gasteiger charge is -2.37. The summed E-state index contributed by atoms with van der Waals surface area (Å²) in [6, 6.07) is 48.4. The maximum atomic E-state index is 14.3. The Morgan fingerprint density at radius 2 is 0.760 bits per heavy atom. The number of hydrogen-bond acceptors (Lipinski definition) is 20. The van der Waals surface area contributed by atoms with E-state index in [4.69, 9.17) is 64.0 Å². The smallest absolute Gasteiger partial charge is 0.344 e. The predicted octanol–water partition coefficient (Wildman–Crippen LogP) is 17.5. The van der Waals surface area contributed by atoms with Crippen molar-refractivity contribution in [1.82, 2.24) is 44.5 Å². The van der Waals surface area contributed by atoms with Gasteiger partial charge in [0.15, 0.2) is 15.5 Å². The second-order valence-corrected chi connectivity index (χ2v) is 40.4. The normalized spacial score (nSPS) is 25.7. The van der Waals surface area contributed by atoms with Crippen LogP contribution in [0, 0.1) is 29.1 Å². The Hall–Kier alpha value is -8.02. The van der Waals surface area contributed by atoms with Gasteiger partial charge < -0.3 is 63.8 Å². The lowest BCUT2D eigenvalue weighted by atomic mass is 9.81. The van der Waals surface area contributed by atoms with Crippen molar-refractivity contribution in [2.75, 3.05) is 98.5 Å². The molecule has 6 saturated heterocycles. The van der Waals surface area contributed by atoms with Crippen LogP contribution in [0.1, 0.15) is 158 Å². The van der Waals surface area contributed by atoms with Crippen molar-refractivity contribution in [3.63, 3.8) is 0 Å². The molecule has 0 aliphatic carbocycles. The zero-order valence-electron chi connectivity index (χ0n) is 71.5. The zero-order chi connectivity index (χ0) is 88.5. The maximum absolute atomic E-state index is 14.3. The third-order valence-electron chi connectivity index (χ3n) is 25.2. The Balaban J connectivity index is 0.000000137. The van der Waals surface area contributed by atoms with Crippen LogP contribution in [0.4, 0.5) is 0 Å². The molecule has 0 saturated carbocycles. The van der Waals surface area contributed by atoms with E-state index in [1.54, 1.807) is 9.80 Å². The number of aliphatic carboxylic acids is 1. The average molecular weight is 1940 g/mol. The number of nitrogens with zero attached hydrogens (tertiary/aromatic N) is 12. The molecule has 6 fully saturated rings. The highest BCUT2D eigenvalue weighted by molar-refractivity contribution is 9.10. The fourth-order valence-electron chi connectivity index (χ4n) is 19.0. The van der Waals surface area contributed by atoms with Crippen molar-refractivity contribution in [1.29, 1.82) is 5.26 Å². The SMILES string of the molecule is CC(C)C1=C(C(=O)N2CCC[C@H]2C(=O)N2CCOCC2)SC2=NC(C)(c3ccc(Br)cc3)C(c3ccc(Cl)cc3)N21.CC(C)C1=C(C(=O)N2CCC[C@H]2C(=O)N2CCOCC2)SC2=NC(C)(c3ccc(C#N)cc3)C(c3ccc(Cl)cc3)N21.CC(C)C1=C(C(=O)O)SC2=NC(C)(c3ccc(Br)cc3)C(c3ccc(Cl)cc3)N21.O=C([C@@H]1CCCN1)N1CCOCC1. The fourth-order valence-corrected chi connectivity index (χ4v) is 23.8. The van der Waals surface area contributed by atoms with Gasteiger partial charge in [-0.05, 0) is 225 Å². The largest absolute Gasteiger partial charge is 0.477 e. The van der Waals surface area contributed by atoms with Crippen LogP contribution >= 0.6 is 102 Å². The van der Waals surface area contributed by atoms with E-state index in [1.807, 2.05) is 138 Å². The maximum Gasteiger partial charge on any atom is 0.344 e. The molecule has 23 nitrogen and oxygen atoms in total. The molecule has 12 aliphatic rings. The Morgan fingerprint density at radius 1 is 0.448 bits per heavy atom. The summed E-state index contributed by atoms with van der Waals surface area (Å²) in [5, 5.41) is 26.7. The van der Waals surface area contributed by atoms with Gasteiger partial charge in [-0.25, -0.2) is 19.8 Å². The molecule has 125 heavy (non-hydrogen) atoms. The number of rotatable bonds is 15. The number of carbonyl (C=O) groups is 6. The molecule has 2 N–H and O–H groups in total. The van der Waals surface area contributed by atoms with Crippen LogP contribution in [-0.2, 0) is 59.6 Å². The number of fused-ring (bicyclic) bond motifs is 3. The number of allylic oxidation sites excluding steroid dienone is 3. The Bertz CT molecular complexity index is 5310. The first-order valence-electron chi connectivity index (χ1n) is 42.9. The van der Waals surface area contributed by atoms with Crippen molar-refractivity contribution >= 4 is 153 Å². The van der Waals surface area contributed by atoms with E-state index in [2.05, 4.69) is 143 Å². The van der Waals surface area contributed by atoms with E-state index in [1.165, 1.54) is 35.3 Å². The summed E-state index contributed by atoms with van der Waals surface area (Å²) in [4.78, 5) is 112. The van der Waals surface area contributed by atoms with Gasteiger partial charge in [-0.3, -0.25) is 24.0 Å². The van der Waals surface area contributed by atoms with Crippen molar-refractivity contribution in [3.05, 3.63) is 240 Å². The quantitative estimate of drug-likeness (QED) is 0.0969. The standard InChI is InChI=1S/C32H34ClN5O3S.C31H34BrClN4O3S.C22H20BrClN2O2S.C9H16N2O2/c1-20(2)26-27(30(40)37-14-4-5-25(37)29(39)36-15-17-41-18-16-36)42-31-35-32(3,23-10-6-21(19-34)7-11-23)28(38(26)31)22-8-12-24(33)13-9-22;1-19(2)25-26(29(39)36-14-4-5-24(36)28(38)35-15-17-40-18-16-35)41-30-34-31(3,21-8-10-22(32)11-9-21)27(37(25)30)20-6-12-23(33)13-7-20;1-12(2)17-18(20(27)28)29-21-25-22(3,14-6-8-15(23)9-7-14)19(26(17)21)13-4-10-16(24)11-5-13;12-9(8-2-1-3-10-8)11-4-6-13-7-5-11/h6-13,20,25,28H,4-5,14-18H2,1-3H3;6-13,19,24,27H,4-5,14-18H2,1-3H3;4-12,19H,1-3H3,(H,27,28);8,10H,1-7H2/t25-,28?,32?;24-,27?,31?;;8-/m00.0/s1. The van der Waals surface area contributed by atoms with Crippen LogP contribution in [0.5, 0.6) is 0 Å². The van der Waals surface area contributed by atoms with Gasteiger partial charge in [-0.1, -0.05) is 181 Å². The number of carboxylic acids is 1. The van der Waals surface area contributed by atoms with E-state index in [0.29, 0.717) is 127 Å². The van der Waals surface area contributed by atoms with E-state index in [-0.39, 0.29) is 71.5 Å². The molecule has 0 radical (unpaired) electrons. The number of likely N-dealkylation sites (tertiary alicyclic amines) is 2. The number of hydrogen-bond donors (Lipinski definition) is 2. The highest BCUT2D eigenvalue weighted by atomic mass is 79.9. The molecule has 31 heteroatoms. The number of halogens is 5. The number of nitrogens with one attached hydrogen (secondary N) is 1. The van der Waals surface area contributed by atoms with E-state index in [0.717, 1.165) is 120 Å². The van der Waals surface area contributed by atoms with Crippen molar-refractivity contribution in [3.8, 4) is 6.07 Å². The minimum absolute atomic E-state index is 0.0177. The summed E-state index contributed by atoms with van der Waals surface area (Å²) in [5.74, 6) is -0.622. The number of carboxylic acid groups (broad SMARTS) is 1. The molecule has 18 rings (SSSR count). The number of morpholine rings is 3. The second-order valence-electron chi connectivity index (χ2n) is 34.3. The van der Waals surface area contributed by atoms with E-state index < -0.39 is 34.7 Å². The lowest BCUT2D eigenvalue weighted by molar-refractivity contribution is -0.144. The first kappa shape index (κ1) is 91.7. The van der Waals surface area contributed by atoms with Crippen LogP contribution in [0.3, 0.4) is 0 Å². The van der Waals surface area contributed by atoms with Gasteiger partial charge in [0.25, 0.3) is 11.8 Å². The zero-order valence-corrected chi connectivity index (χ0v) is 79.4. The minimum atomic E-state index is -0.906. The van der Waals surface area contributed by atoms with Gasteiger partial charge in [-0.2, -0.15) is 5.26 Å². The number of thioether (sulfide) groups is 3. The fraction of sp³-hybridized carbons (Fsp3) is 0.447. The number of amidine groups is 3. The van der Waals surface area contributed by atoms with Gasteiger partial charge in [0.05, 0.1) is 75.4 Å². The summed E-state index contributed by atoms with van der Waals surface area (Å²) in [6.45, 7) is 28.4. The Kier molecular flexibility index (Phi) is 28.7. The van der Waals surface area contributed by atoms with Gasteiger partial charge in [0.1, 0.15) is 43.4 Å². The number of carbonyl (C=O) groups excluding carboxylic acids is 5. The minimum Gasteiger partial charge on any atom is -0.477 e. The average Bonchev–Trinajstić information content (AvgIpc) is 1.56. The monoisotopic (exact) mass is 1930 g/mol. The third-order valence-corrected chi connectivity index (χ3v) is 30.2. The van der Waals surface area contributed by atoms with Gasteiger partial charge in [-0.15, -0.1) is 0 Å². The second kappa shape index (κ2) is 39.1. The molecule has 6 aromatic rings. The molecule has 12 aliphatic heterocycles. The van der Waals surface area contributed by atoms with Crippen LogP contribution in [0.15, 0.2) is 201 Å². The highest BCUT2D eigenvalue weighted by Crippen LogP contribution is 2.60. The number of ether oxygens (including phenoxy) is 3. The molecular weight excluding hydrogens is 1830 g/mol. The summed E-state index contributed by atoms with van der Waals surface area (Å²) >= 11 is 29.9. The first-order valence-corrected chi connectivity index (χ1v) is 48.1. The Morgan fingerprint density at radius 3 is 1.06 bits per heavy atom. The van der Waals surface area contributed by atoms with Crippen LogP contribution in [0.25, 0.3) is 0 Å². The molecule has 0 spiro atoms. The van der Waals surface area contributed by atoms with Gasteiger partial charge in [0.2, 0.25) is 17.7 Å². The van der Waals surface area contributed by atoms with Crippen LogP contribution < -0.4 is 5.32 Å². The lowest BCUT2D eigenvalue weighted by Crippen LogP contribution is -2.51. The summed E-state index contributed by atoms with van der Waals surface area (Å²) in [7, 11) is 0. The van der Waals surface area contributed by atoms with Crippen molar-refractivity contribution in [2.45, 2.75) is 154 Å². The Labute approximate surface area is 776 Å². The predicted molar refractivity (Wildman–Crippen MR) is 501 cm³/mol.